The van der Waals surface area contributed by atoms with Crippen LogP contribution in [0.15, 0.2) is 67.4 Å². The first-order valence-electron chi connectivity index (χ1n) is 42.8. The molecule has 9 fully saturated rings. The molecule has 11 amide bonds. The quantitative estimate of drug-likeness (QED) is 0.0176. The highest BCUT2D eigenvalue weighted by molar-refractivity contribution is 6.05. The lowest BCUT2D eigenvalue weighted by molar-refractivity contribution is -0.162. The van der Waals surface area contributed by atoms with Crippen LogP contribution < -0.4 is 44.2 Å². The number of hydrogen-bond donors (Lipinski definition) is 8. The third-order valence-electron chi connectivity index (χ3n) is 25.1. The Kier molecular flexibility index (Phi) is 29.7. The highest BCUT2D eigenvalue weighted by Gasteiger charge is 2.53. The van der Waals surface area contributed by atoms with E-state index in [1.807, 2.05) is 6.07 Å². The van der Waals surface area contributed by atoms with Gasteiger partial charge in [0.25, 0.3) is 23.6 Å². The fourth-order valence-electron chi connectivity index (χ4n) is 16.3. The van der Waals surface area contributed by atoms with E-state index in [2.05, 4.69) is 75.7 Å². The Hall–Kier alpha value is -13.7. The van der Waals surface area contributed by atoms with Crippen LogP contribution in [0.4, 0.5) is 76.4 Å². The van der Waals surface area contributed by atoms with Gasteiger partial charge in [-0.25, -0.2) is 39.9 Å². The molecule has 4 saturated heterocycles. The summed E-state index contributed by atoms with van der Waals surface area (Å²) in [7, 11) is 0. The van der Waals surface area contributed by atoms with Gasteiger partial charge in [-0.1, -0.05) is 18.2 Å². The van der Waals surface area contributed by atoms with Crippen molar-refractivity contribution in [1.82, 2.24) is 63.7 Å². The van der Waals surface area contributed by atoms with Crippen molar-refractivity contribution >= 4 is 88.4 Å². The molecule has 1 aromatic carbocycles. The number of benzene rings is 1. The minimum Gasteiger partial charge on any atom is -0.440 e. The molecule has 0 radical (unpaired) electrons. The van der Waals surface area contributed by atoms with Crippen molar-refractivity contribution in [3.8, 4) is 11.3 Å². The van der Waals surface area contributed by atoms with E-state index in [4.69, 9.17) is 49.2 Å². The van der Waals surface area contributed by atoms with E-state index in [-0.39, 0.29) is 177 Å². The predicted octanol–water partition coefficient (Wildman–Crippen LogP) is 9.58. The molecule has 37 nitrogen and oxygen atoms in total. The molecule has 133 heavy (non-hydrogen) atoms. The highest BCUT2D eigenvalue weighted by atomic mass is 19.4. The molecule has 15 rings (SSSR count). The molecule has 4 aliphatic heterocycles. The van der Waals surface area contributed by atoms with Crippen LogP contribution in [0.2, 0.25) is 0 Å². The van der Waals surface area contributed by atoms with E-state index < -0.39 is 126 Å². The number of carbonyl (C=O) groups is 11. The monoisotopic (exact) mass is 1870 g/mol. The van der Waals surface area contributed by atoms with E-state index in [0.29, 0.717) is 69.7 Å². The van der Waals surface area contributed by atoms with Gasteiger partial charge < -0.3 is 83.0 Å². The number of amides is 11. The van der Waals surface area contributed by atoms with Crippen LogP contribution in [-0.4, -0.2) is 232 Å². The van der Waals surface area contributed by atoms with Crippen molar-refractivity contribution in [3.63, 3.8) is 0 Å². The number of nitrogens with one attached hydrogen (secondary N) is 4. The molecular formula is C85H96F11N25O12. The minimum atomic E-state index is -4.62. The van der Waals surface area contributed by atoms with Crippen molar-refractivity contribution in [1.29, 1.82) is 0 Å². The average molecular weight is 1870 g/mol. The van der Waals surface area contributed by atoms with Crippen LogP contribution in [0.25, 0.3) is 30.6 Å². The van der Waals surface area contributed by atoms with Crippen molar-refractivity contribution < 1.29 is 106 Å². The van der Waals surface area contributed by atoms with Crippen LogP contribution in [-0.2, 0) is 68.4 Å². The Morgan fingerprint density at radius 1 is 0.436 bits per heavy atom. The number of primary amides is 4. The molecule has 0 bridgehead atoms. The van der Waals surface area contributed by atoms with E-state index in [0.717, 1.165) is 74.0 Å². The Morgan fingerprint density at radius 3 is 1.05 bits per heavy atom. The zero-order valence-electron chi connectivity index (χ0n) is 71.7. The van der Waals surface area contributed by atoms with Gasteiger partial charge >= 0.3 is 24.6 Å². The summed E-state index contributed by atoms with van der Waals surface area (Å²) in [6, 6.07) is 8.61. The second kappa shape index (κ2) is 40.2. The lowest BCUT2D eigenvalue weighted by Gasteiger charge is -2.42. The summed E-state index contributed by atoms with van der Waals surface area (Å²) in [6.45, 7) is 30.9. The molecule has 5 aromatic heterocycles. The molecule has 6 aromatic rings. The van der Waals surface area contributed by atoms with Crippen LogP contribution in [0, 0.1) is 55.9 Å². The summed E-state index contributed by atoms with van der Waals surface area (Å²) in [6.07, 6.45) is -0.617. The first kappa shape index (κ1) is 98.4. The third kappa shape index (κ3) is 24.8. The Morgan fingerprint density at radius 2 is 0.767 bits per heavy atom. The van der Waals surface area contributed by atoms with Crippen molar-refractivity contribution in [2.45, 2.75) is 182 Å². The molecule has 9 heterocycles. The van der Waals surface area contributed by atoms with Crippen LogP contribution >= 0.6 is 0 Å². The smallest absolute Gasteiger partial charge is 0.422 e. The van der Waals surface area contributed by atoms with Gasteiger partial charge in [0.15, 0.2) is 29.9 Å². The van der Waals surface area contributed by atoms with Crippen molar-refractivity contribution in [2.75, 3.05) is 106 Å². The Labute approximate surface area is 753 Å². The summed E-state index contributed by atoms with van der Waals surface area (Å²) < 4.78 is 149. The molecule has 0 unspecified atom stereocenters. The highest BCUT2D eigenvalue weighted by Crippen LogP contribution is 2.46. The number of rotatable bonds is 27. The number of nitrogens with two attached hydrogens (primary N) is 4. The molecule has 5 aliphatic carbocycles. The van der Waals surface area contributed by atoms with Crippen molar-refractivity contribution in [2.24, 2.45) is 52.5 Å². The molecule has 48 heteroatoms. The van der Waals surface area contributed by atoms with Crippen LogP contribution in [0.3, 0.4) is 0 Å². The molecule has 9 aliphatic rings. The van der Waals surface area contributed by atoms with E-state index in [1.165, 1.54) is 55.9 Å². The third-order valence-corrected chi connectivity index (χ3v) is 25.1. The van der Waals surface area contributed by atoms with Gasteiger partial charge in [0.05, 0.1) is 17.7 Å². The number of alkyl halides is 11. The van der Waals surface area contributed by atoms with Gasteiger partial charge in [-0.15, -0.1) is 0 Å². The average Bonchev–Trinajstić information content (AvgIpc) is 1.63. The molecule has 0 atom stereocenters. The van der Waals surface area contributed by atoms with Gasteiger partial charge in [-0.05, 0) is 126 Å². The lowest BCUT2D eigenvalue weighted by Crippen LogP contribution is -2.53. The van der Waals surface area contributed by atoms with Gasteiger partial charge in [0.1, 0.15) is 44.4 Å². The number of likely N-dealkylation sites (tertiary alicyclic amines) is 4. The summed E-state index contributed by atoms with van der Waals surface area (Å²) in [4.78, 5) is 158. The number of nitrogens with zero attached hydrogens (tertiary/aromatic N) is 17. The first-order chi connectivity index (χ1) is 62.8. The summed E-state index contributed by atoms with van der Waals surface area (Å²) in [5.74, 6) is -8.39. The Bertz CT molecular complexity index is 5370. The van der Waals surface area contributed by atoms with Gasteiger partial charge in [0.2, 0.25) is 67.5 Å². The second-order valence-corrected chi connectivity index (χ2v) is 34.9. The number of carbonyl (C=O) groups excluding carboxylic acids is 11. The molecule has 12 N–H and O–H groups in total. The number of aromatic nitrogens is 9. The second-order valence-electron chi connectivity index (χ2n) is 34.9. The SMILES string of the molecule is [C-]#[N+]CC1(n2cc(C(N)=O)c(NC(=O)C3CC3)n2)CCN(C(=O)C2CC(F)(F)C2)CC1.[C-]#[N+]CC1(n2cc(C(N)=O)c(NC(=O)C3CC3)n2)CCN(C(=O)CCC(F)(F)F)CC1.[C-]#[N+]CC1(n2cc(C(N)=O)c(NC(=O)C3CC3)n2)CCN(C(=O)OCC(F)(F)F)CC1.[C-]#[N+]CC1(n2cc(C(N)=O)c(NC(=O)C3CC3)n2)CCN(Cc2ccc(-c3ccc(C(F)(F)F)cc3)nc2)CC1. The zero-order valence-corrected chi connectivity index (χ0v) is 71.7. The van der Waals surface area contributed by atoms with Crippen LogP contribution in [0.1, 0.15) is 181 Å². The minimum absolute atomic E-state index is 0.000715. The van der Waals surface area contributed by atoms with E-state index >= 15 is 0 Å². The summed E-state index contributed by atoms with van der Waals surface area (Å²) in [5.41, 5.74) is 20.3. The number of hydrogen-bond acceptors (Lipinski definition) is 18. The fourth-order valence-corrected chi connectivity index (χ4v) is 16.3. The fraction of sp³-hybridized carbons (Fsp3) is 0.553. The van der Waals surface area contributed by atoms with Crippen LogP contribution in [0.5, 0.6) is 0 Å². The van der Waals surface area contributed by atoms with E-state index in [1.54, 1.807) is 21.8 Å². The standard InChI is InChI=1S/C28H28F3N7O2.C20H24F2N6O3.C19H23F3N6O3.C18H21F3N6O4/c1-33-17-27(38-16-22(24(32)39)25(36-38)35-26(40)20-3-4-20)10-12-37(13-11-27)15-18-2-9-23(34-14-18)19-5-7-21(8-6-19)28(29,30)31;1-24-11-19(4-6-27(7-5-19)18(31)13-8-20(21,22)9-13)28-10-14(15(23)29)16(26-28)25-17(30)12-2-3-12;1-24-11-18(6-8-27(9-7-18)14(29)4-5-19(20,21)22)28-10-13(15(23)30)16(26-28)25-17(31)12-2-3-12;1-23-9-17(4-6-26(7-5-17)16(30)31-10-18(19,20)21)27-8-12(13(22)28)14(25-27)24-15(29)11-2-3-11/h2,5-9,14,16,20H,3-4,10-13,15,17H2,(H2,32,39)(H,35,36,40);10,12-13H,2-9,11H2,(H2,23,29)(H,25,26,30);10,12H,2-9,11H2,(H2,23,30)(H,25,26,31);8,11H,2-7,9-10H2,(H2,22,28)(H,24,25,29). The van der Waals surface area contributed by atoms with Gasteiger partial charge in [-0.3, -0.25) is 76.6 Å². The number of pyridine rings is 1. The Balaban J connectivity index is 0.000000161. The normalized spacial score (nSPS) is 18.9. The lowest BCUT2D eigenvalue weighted by atomic mass is 9.79. The molecule has 5 saturated carbocycles. The predicted molar refractivity (Wildman–Crippen MR) is 448 cm³/mol. The van der Waals surface area contributed by atoms with Gasteiger partial charge in [-0.2, -0.15) is 59.9 Å². The maximum atomic E-state index is 13.1. The number of halogens is 11. The maximum Gasteiger partial charge on any atom is 0.422 e. The number of piperidine rings is 4. The largest absolute Gasteiger partial charge is 0.440 e. The molecule has 0 spiro atoms. The maximum absolute atomic E-state index is 13.1. The first-order valence-corrected chi connectivity index (χ1v) is 42.8. The van der Waals surface area contributed by atoms with Crippen molar-refractivity contribution in [3.05, 3.63) is 146 Å². The van der Waals surface area contributed by atoms with E-state index in [9.17, 15) is 101 Å². The molecular weight excluding hydrogens is 1770 g/mol. The number of anilines is 4. The van der Waals surface area contributed by atoms with Gasteiger partial charge in [0, 0.05) is 144 Å². The number of ether oxygens (including phenoxy) is 1. The molecule has 710 valence electrons. The summed E-state index contributed by atoms with van der Waals surface area (Å²) >= 11 is 0. The zero-order chi connectivity index (χ0) is 96.5. The summed E-state index contributed by atoms with van der Waals surface area (Å²) in [5, 5.41) is 28.1. The topological polar surface area (TPSA) is 464 Å².